The summed E-state index contributed by atoms with van der Waals surface area (Å²) < 4.78 is 0. The van der Waals surface area contributed by atoms with Crippen LogP contribution < -0.4 is 0 Å². The van der Waals surface area contributed by atoms with Crippen molar-refractivity contribution in [3.05, 3.63) is 48.3 Å². The molecule has 0 aliphatic carbocycles. The zero-order valence-corrected chi connectivity index (χ0v) is 25.0. The minimum atomic E-state index is 0.554. The van der Waals surface area contributed by atoms with Gasteiger partial charge in [-0.05, 0) is 24.8 Å². The smallest absolute Gasteiger partial charge is 0.101 e. The summed E-state index contributed by atoms with van der Waals surface area (Å²) in [6, 6.07) is 11.0. The lowest BCUT2D eigenvalue weighted by molar-refractivity contribution is 0.132. The van der Waals surface area contributed by atoms with Crippen LogP contribution in [0.4, 0.5) is 0 Å². The third kappa shape index (κ3) is 15.5. The van der Waals surface area contributed by atoms with E-state index in [4.69, 9.17) is 0 Å². The quantitative estimate of drug-likeness (QED) is 0.121. The molecule has 1 aliphatic heterocycles. The van der Waals surface area contributed by atoms with Gasteiger partial charge in [-0.2, -0.15) is 0 Å². The summed E-state index contributed by atoms with van der Waals surface area (Å²) in [5.41, 5.74) is 1.42. The Morgan fingerprint density at radius 1 is 0.486 bits per heavy atom. The van der Waals surface area contributed by atoms with Crippen LogP contribution in [0.15, 0.2) is 42.7 Å². The highest BCUT2D eigenvalue weighted by atomic mass is 15.4. The average molecular weight is 511 g/mol. The molecule has 0 spiro atoms. The van der Waals surface area contributed by atoms with Crippen LogP contribution in [0, 0.1) is 0 Å². The molecule has 2 heteroatoms. The molecular weight excluding hydrogens is 448 g/mol. The fourth-order valence-corrected chi connectivity index (χ4v) is 5.84. The largest absolute Gasteiger partial charge is 0.356 e. The van der Waals surface area contributed by atoms with E-state index in [1.807, 2.05) is 0 Å². The molecule has 0 amide bonds. The number of unbranched alkanes of at least 4 members (excludes halogenated alkanes) is 19. The highest BCUT2D eigenvalue weighted by Gasteiger charge is 2.25. The predicted octanol–water partition coefficient (Wildman–Crippen LogP) is 11.2. The molecule has 0 fully saturated rings. The molecule has 2 nitrogen and oxygen atoms in total. The van der Waals surface area contributed by atoms with Gasteiger partial charge in [0, 0.05) is 25.5 Å². The summed E-state index contributed by atoms with van der Waals surface area (Å²) in [4.78, 5) is 5.22. The maximum Gasteiger partial charge on any atom is 0.101 e. The highest BCUT2D eigenvalue weighted by Crippen LogP contribution is 2.24. The second-order valence-corrected chi connectivity index (χ2v) is 11.7. The topological polar surface area (TPSA) is 6.48 Å². The fraction of sp³-hybridized carbons (Fsp3) is 0.771. The van der Waals surface area contributed by atoms with Crippen LogP contribution in [0.3, 0.4) is 0 Å². The standard InChI is InChI=1S/C35H62N2/c1-3-5-7-9-10-11-12-13-14-15-16-17-18-19-20-21-26-30-36-31-32-37(33-34-27-23-22-24-28-34)35(36)29-25-8-6-4-2/h22-24,27-28,31-32,35H,3-21,25-26,29-30,33H2,1-2H3. The maximum atomic E-state index is 2.64. The Morgan fingerprint density at radius 3 is 1.43 bits per heavy atom. The van der Waals surface area contributed by atoms with E-state index in [0.29, 0.717) is 6.17 Å². The molecule has 37 heavy (non-hydrogen) atoms. The molecule has 212 valence electrons. The minimum absolute atomic E-state index is 0.554. The van der Waals surface area contributed by atoms with E-state index in [9.17, 15) is 0 Å². The number of nitrogens with zero attached hydrogens (tertiary/aromatic N) is 2. The molecule has 1 aliphatic rings. The summed E-state index contributed by atoms with van der Waals surface area (Å²) in [6.07, 6.45) is 36.5. The second kappa shape index (κ2) is 22.5. The summed E-state index contributed by atoms with van der Waals surface area (Å²) in [5.74, 6) is 0. The first-order chi connectivity index (χ1) is 18.3. The Hall–Kier alpha value is -1.44. The minimum Gasteiger partial charge on any atom is -0.356 e. The van der Waals surface area contributed by atoms with Crippen LogP contribution >= 0.6 is 0 Å². The molecule has 0 saturated heterocycles. The number of benzene rings is 1. The zero-order chi connectivity index (χ0) is 26.2. The van der Waals surface area contributed by atoms with E-state index >= 15 is 0 Å². The number of rotatable bonds is 25. The van der Waals surface area contributed by atoms with Crippen molar-refractivity contribution in [1.82, 2.24) is 9.80 Å². The molecule has 0 radical (unpaired) electrons. The van der Waals surface area contributed by atoms with Gasteiger partial charge in [0.1, 0.15) is 6.17 Å². The third-order valence-electron chi connectivity index (χ3n) is 8.26. The first-order valence-corrected chi connectivity index (χ1v) is 16.6. The Labute approximate surface area is 232 Å². The van der Waals surface area contributed by atoms with Crippen molar-refractivity contribution in [3.8, 4) is 0 Å². The summed E-state index contributed by atoms with van der Waals surface area (Å²) in [5, 5.41) is 0. The van der Waals surface area contributed by atoms with E-state index in [0.717, 1.165) is 6.54 Å². The molecular formula is C35H62N2. The van der Waals surface area contributed by atoms with E-state index in [-0.39, 0.29) is 0 Å². The number of hydrogen-bond donors (Lipinski definition) is 0. The van der Waals surface area contributed by atoms with Crippen molar-refractivity contribution < 1.29 is 0 Å². The Kier molecular flexibility index (Phi) is 19.4. The van der Waals surface area contributed by atoms with Crippen LogP contribution in [0.2, 0.25) is 0 Å². The lowest BCUT2D eigenvalue weighted by Gasteiger charge is -2.33. The van der Waals surface area contributed by atoms with Crippen molar-refractivity contribution >= 4 is 0 Å². The predicted molar refractivity (Wildman–Crippen MR) is 165 cm³/mol. The van der Waals surface area contributed by atoms with Gasteiger partial charge in [-0.3, -0.25) is 0 Å². The molecule has 0 saturated carbocycles. The molecule has 2 rings (SSSR count). The van der Waals surface area contributed by atoms with E-state index in [1.54, 1.807) is 0 Å². The first kappa shape index (κ1) is 31.8. The van der Waals surface area contributed by atoms with Crippen molar-refractivity contribution in [1.29, 1.82) is 0 Å². The maximum absolute atomic E-state index is 2.64. The van der Waals surface area contributed by atoms with E-state index < -0.39 is 0 Å². The Morgan fingerprint density at radius 2 is 0.919 bits per heavy atom. The van der Waals surface area contributed by atoms with Gasteiger partial charge in [0.2, 0.25) is 0 Å². The summed E-state index contributed by atoms with van der Waals surface area (Å²) in [6.45, 7) is 6.87. The van der Waals surface area contributed by atoms with Crippen LogP contribution in [-0.2, 0) is 6.54 Å². The Bertz CT molecular complexity index is 640. The third-order valence-corrected chi connectivity index (χ3v) is 8.26. The van der Waals surface area contributed by atoms with Crippen LogP contribution in [0.25, 0.3) is 0 Å². The lowest BCUT2D eigenvalue weighted by atomic mass is 10.0. The molecule has 0 N–H and O–H groups in total. The fourth-order valence-electron chi connectivity index (χ4n) is 5.84. The summed E-state index contributed by atoms with van der Waals surface area (Å²) in [7, 11) is 0. The van der Waals surface area contributed by atoms with Gasteiger partial charge in [0.25, 0.3) is 0 Å². The molecule has 0 aromatic heterocycles. The summed E-state index contributed by atoms with van der Waals surface area (Å²) >= 11 is 0. The average Bonchev–Trinajstić information content (AvgIpc) is 3.29. The van der Waals surface area contributed by atoms with Crippen LogP contribution in [0.5, 0.6) is 0 Å². The lowest BCUT2D eigenvalue weighted by Crippen LogP contribution is -2.38. The molecule has 1 aromatic rings. The van der Waals surface area contributed by atoms with Crippen LogP contribution in [0.1, 0.15) is 161 Å². The molecule has 1 unspecified atom stereocenters. The molecule has 1 heterocycles. The van der Waals surface area contributed by atoms with Gasteiger partial charge in [-0.25, -0.2) is 0 Å². The van der Waals surface area contributed by atoms with Gasteiger partial charge < -0.3 is 9.80 Å². The van der Waals surface area contributed by atoms with Gasteiger partial charge >= 0.3 is 0 Å². The van der Waals surface area contributed by atoms with Crippen molar-refractivity contribution in [2.75, 3.05) is 6.54 Å². The Balaban J connectivity index is 1.48. The second-order valence-electron chi connectivity index (χ2n) is 11.7. The monoisotopic (exact) mass is 510 g/mol. The van der Waals surface area contributed by atoms with E-state index in [1.165, 1.54) is 153 Å². The van der Waals surface area contributed by atoms with Crippen molar-refractivity contribution in [3.63, 3.8) is 0 Å². The molecule has 0 bridgehead atoms. The highest BCUT2D eigenvalue weighted by molar-refractivity contribution is 5.16. The number of hydrogen-bond acceptors (Lipinski definition) is 2. The van der Waals surface area contributed by atoms with Gasteiger partial charge in [0.15, 0.2) is 0 Å². The van der Waals surface area contributed by atoms with Crippen LogP contribution in [-0.4, -0.2) is 22.5 Å². The van der Waals surface area contributed by atoms with Gasteiger partial charge in [-0.1, -0.05) is 166 Å². The first-order valence-electron chi connectivity index (χ1n) is 16.6. The van der Waals surface area contributed by atoms with E-state index in [2.05, 4.69) is 66.4 Å². The van der Waals surface area contributed by atoms with Crippen molar-refractivity contribution in [2.45, 2.75) is 168 Å². The normalized spacial score (nSPS) is 15.2. The molecule has 1 atom stereocenters. The molecule has 1 aromatic carbocycles. The SMILES string of the molecule is CCCCCCCCCCCCCCCCCCCN1C=CN(Cc2ccccc2)C1CCCCCC. The van der Waals surface area contributed by atoms with Gasteiger partial charge in [0.05, 0.1) is 0 Å². The van der Waals surface area contributed by atoms with Crippen molar-refractivity contribution in [2.24, 2.45) is 0 Å². The van der Waals surface area contributed by atoms with Gasteiger partial charge in [-0.15, -0.1) is 0 Å². The zero-order valence-electron chi connectivity index (χ0n) is 25.0.